The summed E-state index contributed by atoms with van der Waals surface area (Å²) >= 11 is 1.81. The minimum Gasteiger partial charge on any atom is -0.331 e. The summed E-state index contributed by atoms with van der Waals surface area (Å²) in [5.41, 5.74) is 2.28. The third-order valence-electron chi connectivity index (χ3n) is 5.76. The lowest BCUT2D eigenvalue weighted by molar-refractivity contribution is -0.910. The van der Waals surface area contributed by atoms with Gasteiger partial charge in [0.05, 0.1) is 24.5 Å². The largest absolute Gasteiger partial charge is 0.331 e. The molecule has 0 radical (unpaired) electrons. The van der Waals surface area contributed by atoms with E-state index in [0.717, 1.165) is 18.8 Å². The highest BCUT2D eigenvalue weighted by molar-refractivity contribution is 7.10. The lowest BCUT2D eigenvalue weighted by Crippen LogP contribution is -3.11. The number of hydrogen-bond donors (Lipinski definition) is 3. The number of thiophene rings is 1. The van der Waals surface area contributed by atoms with Crippen LogP contribution in [0.4, 0.5) is 5.69 Å². The molecule has 2 atom stereocenters. The van der Waals surface area contributed by atoms with Crippen LogP contribution >= 0.6 is 11.3 Å². The average Bonchev–Trinajstić information content (AvgIpc) is 3.38. The van der Waals surface area contributed by atoms with Gasteiger partial charge in [0, 0.05) is 36.9 Å². The maximum Gasteiger partial charge on any atom is 0.279 e. The Morgan fingerprint density at radius 2 is 1.88 bits per heavy atom. The molecule has 1 aromatic heterocycles. The molecular weight excluding hydrogens is 342 g/mol. The first kappa shape index (κ1) is 17.7. The molecule has 5 heteroatoms. The highest BCUT2D eigenvalue weighted by Crippen LogP contribution is 2.23. The Labute approximate surface area is 159 Å². The molecule has 1 aromatic carbocycles. The topological polar surface area (TPSA) is 38.0 Å². The second kappa shape index (κ2) is 8.33. The first-order valence-electron chi connectivity index (χ1n) is 9.88. The van der Waals surface area contributed by atoms with Crippen molar-refractivity contribution in [2.24, 2.45) is 0 Å². The maximum absolute atomic E-state index is 12.5. The fraction of sp³-hybridized carbons (Fsp3) is 0.476. The van der Waals surface area contributed by atoms with E-state index in [4.69, 9.17) is 0 Å². The molecule has 0 bridgehead atoms. The SMILES string of the molecule is O=C(C[NH+]1CCC[C@H]1c1cccs1)Nc1ccc(C[NH+]2CCCC2)cc1. The number of likely N-dealkylation sites (tertiary alicyclic amines) is 2. The van der Waals surface area contributed by atoms with Gasteiger partial charge in [-0.05, 0) is 23.6 Å². The average molecular weight is 372 g/mol. The normalized spacial score (nSPS) is 23.4. The summed E-state index contributed by atoms with van der Waals surface area (Å²) in [6, 6.07) is 13.3. The standard InChI is InChI=1S/C21H27N3OS/c25-21(16-24-13-3-5-19(24)20-6-4-14-26-20)22-18-9-7-17(8-10-18)15-23-11-1-2-12-23/h4,6-10,14,19H,1-3,5,11-13,15-16H2,(H,22,25)/p+2/t19-/m0/s1. The smallest absolute Gasteiger partial charge is 0.279 e. The highest BCUT2D eigenvalue weighted by atomic mass is 32.1. The molecule has 4 rings (SSSR count). The zero-order chi connectivity index (χ0) is 17.8. The molecule has 138 valence electrons. The Hall–Kier alpha value is -1.69. The van der Waals surface area contributed by atoms with Gasteiger partial charge in [0.2, 0.25) is 0 Å². The van der Waals surface area contributed by atoms with Crippen LogP contribution in [0.5, 0.6) is 0 Å². The zero-order valence-electron chi connectivity index (χ0n) is 15.3. The van der Waals surface area contributed by atoms with E-state index in [0.29, 0.717) is 12.6 Å². The molecule has 2 fully saturated rings. The zero-order valence-corrected chi connectivity index (χ0v) is 16.1. The van der Waals surface area contributed by atoms with E-state index in [-0.39, 0.29) is 5.91 Å². The molecule has 2 aliphatic rings. The van der Waals surface area contributed by atoms with Gasteiger partial charge in [-0.25, -0.2) is 0 Å². The van der Waals surface area contributed by atoms with E-state index in [1.165, 1.54) is 54.1 Å². The number of quaternary nitrogens is 2. The van der Waals surface area contributed by atoms with Crippen LogP contribution in [-0.4, -0.2) is 32.1 Å². The van der Waals surface area contributed by atoms with Crippen molar-refractivity contribution in [2.75, 3.05) is 31.5 Å². The summed E-state index contributed by atoms with van der Waals surface area (Å²) in [5, 5.41) is 5.23. The van der Waals surface area contributed by atoms with Crippen molar-refractivity contribution in [2.45, 2.75) is 38.3 Å². The van der Waals surface area contributed by atoms with Crippen LogP contribution in [0.25, 0.3) is 0 Å². The Kier molecular flexibility index (Phi) is 5.68. The summed E-state index contributed by atoms with van der Waals surface area (Å²) in [6.07, 6.45) is 5.11. The Bertz CT molecular complexity index is 707. The molecule has 26 heavy (non-hydrogen) atoms. The van der Waals surface area contributed by atoms with E-state index in [1.54, 1.807) is 4.90 Å². The Morgan fingerprint density at radius 3 is 2.62 bits per heavy atom. The predicted octanol–water partition coefficient (Wildman–Crippen LogP) is 1.29. The number of anilines is 1. The van der Waals surface area contributed by atoms with Crippen LogP contribution in [0.15, 0.2) is 41.8 Å². The predicted molar refractivity (Wildman–Crippen MR) is 106 cm³/mol. The van der Waals surface area contributed by atoms with E-state index < -0.39 is 0 Å². The van der Waals surface area contributed by atoms with Crippen LogP contribution in [-0.2, 0) is 11.3 Å². The molecule has 3 heterocycles. The van der Waals surface area contributed by atoms with Crippen LogP contribution in [0, 0.1) is 0 Å². The van der Waals surface area contributed by atoms with Gasteiger partial charge in [0.1, 0.15) is 12.6 Å². The van der Waals surface area contributed by atoms with Gasteiger partial charge in [0.25, 0.3) is 5.91 Å². The number of benzene rings is 1. The minimum absolute atomic E-state index is 0.126. The van der Waals surface area contributed by atoms with Crippen molar-refractivity contribution >= 4 is 22.9 Å². The van der Waals surface area contributed by atoms with Crippen LogP contribution in [0.3, 0.4) is 0 Å². The quantitative estimate of drug-likeness (QED) is 0.703. The molecule has 0 aliphatic carbocycles. The molecule has 1 unspecified atom stereocenters. The number of carbonyl (C=O) groups is 1. The molecule has 2 saturated heterocycles. The van der Waals surface area contributed by atoms with Crippen molar-refractivity contribution < 1.29 is 14.6 Å². The molecule has 1 amide bonds. The van der Waals surface area contributed by atoms with Gasteiger partial charge in [0.15, 0.2) is 6.54 Å². The summed E-state index contributed by atoms with van der Waals surface area (Å²) in [4.78, 5) is 17.0. The van der Waals surface area contributed by atoms with E-state index in [1.807, 2.05) is 11.3 Å². The van der Waals surface area contributed by atoms with Crippen molar-refractivity contribution in [3.63, 3.8) is 0 Å². The van der Waals surface area contributed by atoms with Crippen molar-refractivity contribution in [3.8, 4) is 0 Å². The fourth-order valence-electron chi connectivity index (χ4n) is 4.41. The van der Waals surface area contributed by atoms with Gasteiger partial charge >= 0.3 is 0 Å². The molecule has 2 aliphatic heterocycles. The van der Waals surface area contributed by atoms with Crippen molar-refractivity contribution in [1.82, 2.24) is 0 Å². The molecule has 2 aromatic rings. The van der Waals surface area contributed by atoms with Crippen molar-refractivity contribution in [1.29, 1.82) is 0 Å². The fourth-order valence-corrected chi connectivity index (χ4v) is 5.33. The molecule has 0 spiro atoms. The molecular formula is C21H29N3OS+2. The number of hydrogen-bond acceptors (Lipinski definition) is 2. The van der Waals surface area contributed by atoms with E-state index in [9.17, 15) is 4.79 Å². The van der Waals surface area contributed by atoms with Crippen molar-refractivity contribution in [3.05, 3.63) is 52.2 Å². The number of rotatable bonds is 6. The number of carbonyl (C=O) groups excluding carboxylic acids is 1. The summed E-state index contributed by atoms with van der Waals surface area (Å²) in [7, 11) is 0. The molecule has 4 nitrogen and oxygen atoms in total. The summed E-state index contributed by atoms with van der Waals surface area (Å²) in [5.74, 6) is 0.126. The lowest BCUT2D eigenvalue weighted by Gasteiger charge is -2.20. The van der Waals surface area contributed by atoms with Gasteiger partial charge in [-0.3, -0.25) is 4.79 Å². The molecule has 0 saturated carbocycles. The number of nitrogens with one attached hydrogen (secondary N) is 3. The van der Waals surface area contributed by atoms with Crippen LogP contribution < -0.4 is 15.1 Å². The van der Waals surface area contributed by atoms with Gasteiger partial charge < -0.3 is 15.1 Å². The van der Waals surface area contributed by atoms with E-state index >= 15 is 0 Å². The third-order valence-corrected chi connectivity index (χ3v) is 6.75. The molecule has 3 N–H and O–H groups in total. The van der Waals surface area contributed by atoms with Crippen LogP contribution in [0.2, 0.25) is 0 Å². The number of amides is 1. The highest BCUT2D eigenvalue weighted by Gasteiger charge is 2.32. The Morgan fingerprint density at radius 1 is 1.08 bits per heavy atom. The Balaban J connectivity index is 1.30. The third kappa shape index (κ3) is 4.34. The maximum atomic E-state index is 12.5. The van der Waals surface area contributed by atoms with E-state index in [2.05, 4.69) is 47.1 Å². The second-order valence-electron chi connectivity index (χ2n) is 7.67. The monoisotopic (exact) mass is 371 g/mol. The first-order chi connectivity index (χ1) is 12.8. The van der Waals surface area contributed by atoms with Gasteiger partial charge in [-0.2, -0.15) is 0 Å². The summed E-state index contributed by atoms with van der Waals surface area (Å²) < 4.78 is 0. The first-order valence-corrected chi connectivity index (χ1v) is 10.8. The summed E-state index contributed by atoms with van der Waals surface area (Å²) in [6.45, 7) is 5.34. The lowest BCUT2D eigenvalue weighted by atomic mass is 10.2. The second-order valence-corrected chi connectivity index (χ2v) is 8.65. The minimum atomic E-state index is 0.126. The van der Waals surface area contributed by atoms with Gasteiger partial charge in [-0.15, -0.1) is 11.3 Å². The van der Waals surface area contributed by atoms with Crippen LogP contribution in [0.1, 0.15) is 42.2 Å². The van der Waals surface area contributed by atoms with Gasteiger partial charge in [-0.1, -0.05) is 18.2 Å².